The number of esters is 1. The molecule has 2 N–H and O–H groups in total. The molecule has 7 heteroatoms. The van der Waals surface area contributed by atoms with Gasteiger partial charge < -0.3 is 24.3 Å². The van der Waals surface area contributed by atoms with Crippen LogP contribution < -0.4 is 5.32 Å². The third-order valence-electron chi connectivity index (χ3n) is 3.06. The Bertz CT molecular complexity index is 414. The number of ether oxygens (including phenoxy) is 2. The van der Waals surface area contributed by atoms with Crippen LogP contribution in [0, 0.1) is 0 Å². The van der Waals surface area contributed by atoms with Crippen molar-refractivity contribution in [3.05, 3.63) is 17.8 Å². The van der Waals surface area contributed by atoms with Crippen LogP contribution in [0.3, 0.4) is 0 Å². The monoisotopic (exact) mass is 270 g/mol. The summed E-state index contributed by atoms with van der Waals surface area (Å²) in [5, 5.41) is 12.7. The SMILES string of the molecule is COC(=O)c1coc([C@H](CO)NC2CCOCC2)n1. The molecule has 1 aromatic heterocycles. The van der Waals surface area contributed by atoms with Crippen molar-refractivity contribution < 1.29 is 23.8 Å². The van der Waals surface area contributed by atoms with Crippen molar-refractivity contribution in [2.45, 2.75) is 24.9 Å². The first-order valence-electron chi connectivity index (χ1n) is 6.23. The molecule has 0 bridgehead atoms. The van der Waals surface area contributed by atoms with Crippen molar-refractivity contribution in [3.8, 4) is 0 Å². The van der Waals surface area contributed by atoms with Gasteiger partial charge in [0.2, 0.25) is 5.89 Å². The van der Waals surface area contributed by atoms with E-state index >= 15 is 0 Å². The highest BCUT2D eigenvalue weighted by Crippen LogP contribution is 2.16. The number of oxazole rings is 1. The lowest BCUT2D eigenvalue weighted by atomic mass is 10.1. The van der Waals surface area contributed by atoms with E-state index in [0.717, 1.165) is 12.8 Å². The summed E-state index contributed by atoms with van der Waals surface area (Å²) in [6.07, 6.45) is 2.98. The minimum absolute atomic E-state index is 0.102. The van der Waals surface area contributed by atoms with Gasteiger partial charge in [0.05, 0.1) is 13.7 Å². The van der Waals surface area contributed by atoms with Crippen molar-refractivity contribution in [2.24, 2.45) is 0 Å². The highest BCUT2D eigenvalue weighted by Gasteiger charge is 2.23. The quantitative estimate of drug-likeness (QED) is 0.741. The minimum Gasteiger partial charge on any atom is -0.464 e. The highest BCUT2D eigenvalue weighted by molar-refractivity contribution is 5.86. The third-order valence-corrected chi connectivity index (χ3v) is 3.06. The Balaban J connectivity index is 2.00. The average Bonchev–Trinajstić information content (AvgIpc) is 2.94. The van der Waals surface area contributed by atoms with Gasteiger partial charge in [0.15, 0.2) is 5.69 Å². The summed E-state index contributed by atoms with van der Waals surface area (Å²) in [4.78, 5) is 15.3. The first kappa shape index (κ1) is 14.0. The second kappa shape index (κ2) is 6.65. The Morgan fingerprint density at radius 1 is 1.63 bits per heavy atom. The number of hydrogen-bond donors (Lipinski definition) is 2. The molecule has 0 spiro atoms. The molecule has 106 valence electrons. The number of nitrogens with zero attached hydrogens (tertiary/aromatic N) is 1. The molecule has 0 amide bonds. The van der Waals surface area contributed by atoms with E-state index in [-0.39, 0.29) is 24.2 Å². The molecular weight excluding hydrogens is 252 g/mol. The van der Waals surface area contributed by atoms with Gasteiger partial charge in [0.1, 0.15) is 12.3 Å². The molecule has 7 nitrogen and oxygen atoms in total. The molecular formula is C12H18N2O5. The van der Waals surface area contributed by atoms with Gasteiger partial charge in [0.25, 0.3) is 0 Å². The van der Waals surface area contributed by atoms with Crippen molar-refractivity contribution in [1.82, 2.24) is 10.3 Å². The molecule has 1 aromatic rings. The Morgan fingerprint density at radius 3 is 3.00 bits per heavy atom. The lowest BCUT2D eigenvalue weighted by molar-refractivity contribution is 0.0594. The zero-order valence-corrected chi connectivity index (χ0v) is 10.8. The molecule has 2 heterocycles. The Hall–Kier alpha value is -1.44. The van der Waals surface area contributed by atoms with E-state index in [4.69, 9.17) is 9.15 Å². The number of carbonyl (C=O) groups excluding carboxylic acids is 1. The summed E-state index contributed by atoms with van der Waals surface area (Å²) in [7, 11) is 1.28. The van der Waals surface area contributed by atoms with Crippen LogP contribution in [0.5, 0.6) is 0 Å². The standard InChI is InChI=1S/C12H18N2O5/c1-17-12(16)10-7-19-11(14-10)9(6-15)13-8-2-4-18-5-3-8/h7-9,13,15H,2-6H2,1H3/t9-/m0/s1. The summed E-state index contributed by atoms with van der Waals surface area (Å²) in [5.74, 6) is -0.271. The number of rotatable bonds is 5. The zero-order chi connectivity index (χ0) is 13.7. The van der Waals surface area contributed by atoms with Gasteiger partial charge in [-0.2, -0.15) is 0 Å². The molecule has 1 fully saturated rings. The van der Waals surface area contributed by atoms with Crippen LogP contribution in [0.25, 0.3) is 0 Å². The fourth-order valence-electron chi connectivity index (χ4n) is 2.00. The molecule has 1 aliphatic rings. The molecule has 2 rings (SSSR count). The van der Waals surface area contributed by atoms with E-state index in [0.29, 0.717) is 13.2 Å². The van der Waals surface area contributed by atoms with Crippen molar-refractivity contribution >= 4 is 5.97 Å². The number of aliphatic hydroxyl groups is 1. The number of carbonyl (C=O) groups is 1. The molecule has 19 heavy (non-hydrogen) atoms. The molecule has 0 aromatic carbocycles. The first-order chi connectivity index (χ1) is 9.24. The van der Waals surface area contributed by atoms with Crippen molar-refractivity contribution in [3.63, 3.8) is 0 Å². The number of aromatic nitrogens is 1. The predicted octanol–water partition coefficient (Wildman–Crippen LogP) is 0.263. The molecule has 0 radical (unpaired) electrons. The van der Waals surface area contributed by atoms with E-state index in [1.54, 1.807) is 0 Å². The maximum Gasteiger partial charge on any atom is 0.360 e. The molecule has 0 unspecified atom stereocenters. The smallest absolute Gasteiger partial charge is 0.360 e. The Morgan fingerprint density at radius 2 is 2.37 bits per heavy atom. The number of hydrogen-bond acceptors (Lipinski definition) is 7. The summed E-state index contributed by atoms with van der Waals surface area (Å²) in [6.45, 7) is 1.25. The predicted molar refractivity (Wildman–Crippen MR) is 64.6 cm³/mol. The maximum absolute atomic E-state index is 11.3. The van der Waals surface area contributed by atoms with Crippen LogP contribution in [0.2, 0.25) is 0 Å². The van der Waals surface area contributed by atoms with E-state index in [2.05, 4.69) is 15.0 Å². The summed E-state index contributed by atoms with van der Waals surface area (Å²) >= 11 is 0. The maximum atomic E-state index is 11.3. The largest absolute Gasteiger partial charge is 0.464 e. The summed E-state index contributed by atoms with van der Waals surface area (Å²) in [5.41, 5.74) is 0.102. The fourth-order valence-corrected chi connectivity index (χ4v) is 2.00. The summed E-state index contributed by atoms with van der Waals surface area (Å²) in [6, 6.07) is -0.180. The number of methoxy groups -OCH3 is 1. The highest BCUT2D eigenvalue weighted by atomic mass is 16.5. The van der Waals surface area contributed by atoms with Gasteiger partial charge in [0, 0.05) is 19.3 Å². The number of aliphatic hydroxyl groups excluding tert-OH is 1. The lowest BCUT2D eigenvalue weighted by Gasteiger charge is -2.26. The molecule has 1 atom stereocenters. The van der Waals surface area contributed by atoms with Gasteiger partial charge in [-0.25, -0.2) is 9.78 Å². The van der Waals surface area contributed by atoms with Gasteiger partial charge >= 0.3 is 5.97 Å². The van der Waals surface area contributed by atoms with Crippen molar-refractivity contribution in [1.29, 1.82) is 0 Å². The lowest BCUT2D eigenvalue weighted by Crippen LogP contribution is -2.38. The molecule has 0 saturated carbocycles. The van der Waals surface area contributed by atoms with Crippen LogP contribution >= 0.6 is 0 Å². The van der Waals surface area contributed by atoms with E-state index in [1.807, 2.05) is 0 Å². The minimum atomic E-state index is -0.558. The zero-order valence-electron chi connectivity index (χ0n) is 10.8. The van der Waals surface area contributed by atoms with Crippen LogP contribution in [0.4, 0.5) is 0 Å². The number of nitrogens with one attached hydrogen (secondary N) is 1. The van der Waals surface area contributed by atoms with E-state index in [9.17, 15) is 9.90 Å². The van der Waals surface area contributed by atoms with Gasteiger partial charge in [-0.1, -0.05) is 0 Å². The Labute approximate surface area is 110 Å². The van der Waals surface area contributed by atoms with Crippen LogP contribution in [0.1, 0.15) is 35.3 Å². The van der Waals surface area contributed by atoms with Crippen LogP contribution in [-0.4, -0.2) is 49.0 Å². The topological polar surface area (TPSA) is 93.8 Å². The second-order valence-electron chi connectivity index (χ2n) is 4.35. The van der Waals surface area contributed by atoms with Crippen molar-refractivity contribution in [2.75, 3.05) is 26.9 Å². The molecule has 1 saturated heterocycles. The van der Waals surface area contributed by atoms with E-state index in [1.165, 1.54) is 13.4 Å². The van der Waals surface area contributed by atoms with Gasteiger partial charge in [-0.05, 0) is 12.8 Å². The third kappa shape index (κ3) is 3.52. The summed E-state index contributed by atoms with van der Waals surface area (Å²) < 4.78 is 15.0. The normalized spacial score (nSPS) is 18.2. The first-order valence-corrected chi connectivity index (χ1v) is 6.23. The Kier molecular flexibility index (Phi) is 4.89. The molecule has 0 aliphatic carbocycles. The van der Waals surface area contributed by atoms with Crippen LogP contribution in [0.15, 0.2) is 10.7 Å². The average molecular weight is 270 g/mol. The van der Waals surface area contributed by atoms with Gasteiger partial charge in [-0.3, -0.25) is 0 Å². The fraction of sp³-hybridized carbons (Fsp3) is 0.667. The van der Waals surface area contributed by atoms with E-state index < -0.39 is 12.0 Å². The van der Waals surface area contributed by atoms with Crippen LogP contribution in [-0.2, 0) is 9.47 Å². The van der Waals surface area contributed by atoms with Gasteiger partial charge in [-0.15, -0.1) is 0 Å². The second-order valence-corrected chi connectivity index (χ2v) is 4.35. The molecule has 1 aliphatic heterocycles.